The van der Waals surface area contributed by atoms with Crippen LogP contribution in [0, 0.1) is 5.92 Å². The third-order valence-corrected chi connectivity index (χ3v) is 4.74. The van der Waals surface area contributed by atoms with Crippen LogP contribution in [0.2, 0.25) is 0 Å². The highest BCUT2D eigenvalue weighted by atomic mass is 16.6. The molecule has 1 amide bonds. The number of hydrogen-bond donors (Lipinski definition) is 0. The van der Waals surface area contributed by atoms with Crippen LogP contribution in [0.1, 0.15) is 78.8 Å². The number of ether oxygens (including phenoxy) is 1. The van der Waals surface area contributed by atoms with Crippen molar-refractivity contribution in [3.05, 3.63) is 23.9 Å². The van der Waals surface area contributed by atoms with Gasteiger partial charge in [-0.1, -0.05) is 33.3 Å². The minimum absolute atomic E-state index is 0.321. The molecule has 27 heavy (non-hydrogen) atoms. The van der Waals surface area contributed by atoms with E-state index in [1.54, 1.807) is 4.90 Å². The van der Waals surface area contributed by atoms with E-state index < -0.39 is 5.60 Å². The Morgan fingerprint density at radius 1 is 1.37 bits per heavy atom. The second-order valence-electron chi connectivity index (χ2n) is 8.98. The van der Waals surface area contributed by atoms with E-state index in [2.05, 4.69) is 36.7 Å². The molecule has 0 aromatic carbocycles. The first-order valence-electron chi connectivity index (χ1n) is 10.4. The van der Waals surface area contributed by atoms with Crippen LogP contribution in [0.25, 0.3) is 0 Å². The van der Waals surface area contributed by atoms with Crippen LogP contribution in [0.5, 0.6) is 0 Å². The highest BCUT2D eigenvalue weighted by molar-refractivity contribution is 5.86. The van der Waals surface area contributed by atoms with Gasteiger partial charge in [-0.25, -0.2) is 9.78 Å². The first kappa shape index (κ1) is 21.7. The Morgan fingerprint density at radius 3 is 2.67 bits per heavy atom. The molecule has 5 heteroatoms. The molecule has 0 aliphatic carbocycles. The van der Waals surface area contributed by atoms with Gasteiger partial charge in [0.05, 0.1) is 0 Å². The highest BCUT2D eigenvalue weighted by Gasteiger charge is 2.28. The number of pyridine rings is 1. The number of carbonyl (C=O) groups is 1. The third-order valence-electron chi connectivity index (χ3n) is 4.74. The van der Waals surface area contributed by atoms with Crippen LogP contribution in [0.15, 0.2) is 18.3 Å². The van der Waals surface area contributed by atoms with Crippen LogP contribution >= 0.6 is 0 Å². The first-order chi connectivity index (χ1) is 12.7. The second-order valence-corrected chi connectivity index (χ2v) is 8.98. The van der Waals surface area contributed by atoms with Crippen molar-refractivity contribution in [2.75, 3.05) is 24.5 Å². The molecule has 0 radical (unpaired) electrons. The van der Waals surface area contributed by atoms with Crippen LogP contribution in [-0.2, 0) is 4.74 Å². The summed E-state index contributed by atoms with van der Waals surface area (Å²) in [6, 6.07) is 4.55. The number of unbranched alkanes of at least 4 members (excludes halogenated alkanes) is 1. The fourth-order valence-electron chi connectivity index (χ4n) is 3.58. The number of anilines is 1. The predicted octanol–water partition coefficient (Wildman–Crippen LogP) is 5.42. The highest BCUT2D eigenvalue weighted by Crippen LogP contribution is 2.32. The average Bonchev–Trinajstić information content (AvgIpc) is 3.01. The lowest BCUT2D eigenvalue weighted by atomic mass is 10.1. The molecule has 2 heterocycles. The maximum absolute atomic E-state index is 12.6. The summed E-state index contributed by atoms with van der Waals surface area (Å²) in [6.45, 7) is 15.2. The molecule has 1 atom stereocenters. The van der Waals surface area contributed by atoms with Crippen LogP contribution in [0.4, 0.5) is 10.6 Å². The van der Waals surface area contributed by atoms with Crippen molar-refractivity contribution < 1.29 is 9.53 Å². The van der Waals surface area contributed by atoms with E-state index in [0.29, 0.717) is 24.3 Å². The Hall–Kier alpha value is -1.62. The summed E-state index contributed by atoms with van der Waals surface area (Å²) < 4.78 is 5.58. The Bertz CT molecular complexity index is 593. The fourth-order valence-corrected chi connectivity index (χ4v) is 3.58. The van der Waals surface area contributed by atoms with Crippen LogP contribution in [-0.4, -0.2) is 41.2 Å². The lowest BCUT2D eigenvalue weighted by Crippen LogP contribution is -2.38. The molecule has 5 nitrogen and oxygen atoms in total. The molecule has 0 bridgehead atoms. The predicted molar refractivity (Wildman–Crippen MR) is 111 cm³/mol. The molecule has 0 spiro atoms. The normalized spacial score (nSPS) is 18.1. The van der Waals surface area contributed by atoms with E-state index in [4.69, 9.17) is 4.74 Å². The number of hydrogen-bond acceptors (Lipinski definition) is 4. The number of aromatic nitrogens is 1. The summed E-state index contributed by atoms with van der Waals surface area (Å²) in [5.74, 6) is 1.34. The van der Waals surface area contributed by atoms with Crippen molar-refractivity contribution in [2.24, 2.45) is 5.92 Å². The van der Waals surface area contributed by atoms with Gasteiger partial charge in [0.1, 0.15) is 11.4 Å². The van der Waals surface area contributed by atoms with Gasteiger partial charge < -0.3 is 4.74 Å². The lowest BCUT2D eigenvalue weighted by Gasteiger charge is -2.28. The van der Waals surface area contributed by atoms with Gasteiger partial charge >= 0.3 is 6.09 Å². The third kappa shape index (κ3) is 6.49. The summed E-state index contributed by atoms with van der Waals surface area (Å²) in [6.07, 6.45) is 5.98. The monoisotopic (exact) mass is 375 g/mol. The molecule has 2 rings (SSSR count). The Balaban J connectivity index is 2.15. The van der Waals surface area contributed by atoms with Crippen molar-refractivity contribution in [3.63, 3.8) is 0 Å². The van der Waals surface area contributed by atoms with E-state index in [0.717, 1.165) is 25.9 Å². The largest absolute Gasteiger partial charge is 0.443 e. The van der Waals surface area contributed by atoms with Crippen molar-refractivity contribution in [3.8, 4) is 0 Å². The smallest absolute Gasteiger partial charge is 0.416 e. The summed E-state index contributed by atoms with van der Waals surface area (Å²) >= 11 is 0. The summed E-state index contributed by atoms with van der Waals surface area (Å²) in [4.78, 5) is 21.5. The maximum Gasteiger partial charge on any atom is 0.416 e. The molecule has 1 aromatic heterocycles. The van der Waals surface area contributed by atoms with Gasteiger partial charge in [0.15, 0.2) is 0 Å². The van der Waals surface area contributed by atoms with Crippen molar-refractivity contribution in [1.82, 2.24) is 9.88 Å². The maximum atomic E-state index is 12.6. The molecule has 1 fully saturated rings. The van der Waals surface area contributed by atoms with Crippen molar-refractivity contribution in [2.45, 2.75) is 78.9 Å². The Morgan fingerprint density at radius 2 is 2.11 bits per heavy atom. The van der Waals surface area contributed by atoms with Crippen LogP contribution in [0.3, 0.4) is 0 Å². The van der Waals surface area contributed by atoms with E-state index in [-0.39, 0.29) is 6.09 Å². The minimum atomic E-state index is -0.511. The van der Waals surface area contributed by atoms with Gasteiger partial charge in [-0.3, -0.25) is 9.80 Å². The SMILES string of the molecule is CCCCN(C(=O)OC(C)(C)C)c1ccc([C@@H]2CCCN2CC(C)C)cn1. The van der Waals surface area contributed by atoms with Gasteiger partial charge in [0.25, 0.3) is 0 Å². The zero-order valence-electron chi connectivity index (χ0n) is 18.0. The van der Waals surface area contributed by atoms with Gasteiger partial charge in [-0.05, 0) is 64.1 Å². The number of carbonyl (C=O) groups excluding carboxylic acids is 1. The lowest BCUT2D eigenvalue weighted by molar-refractivity contribution is 0.0578. The molecular formula is C22H37N3O2. The molecular weight excluding hydrogens is 338 g/mol. The quantitative estimate of drug-likeness (QED) is 0.639. The van der Waals surface area contributed by atoms with Crippen LogP contribution < -0.4 is 4.90 Å². The Kier molecular flexibility index (Phi) is 7.66. The molecule has 0 N–H and O–H groups in total. The molecule has 152 valence electrons. The Labute approximate surface area is 165 Å². The van der Waals surface area contributed by atoms with E-state index in [9.17, 15) is 4.79 Å². The zero-order chi connectivity index (χ0) is 20.0. The molecule has 0 saturated carbocycles. The molecule has 1 aromatic rings. The van der Waals surface area contributed by atoms with E-state index >= 15 is 0 Å². The topological polar surface area (TPSA) is 45.7 Å². The first-order valence-corrected chi connectivity index (χ1v) is 10.4. The van der Waals surface area contributed by atoms with Gasteiger partial charge in [0.2, 0.25) is 0 Å². The van der Waals surface area contributed by atoms with Gasteiger partial charge in [-0.2, -0.15) is 0 Å². The van der Waals surface area contributed by atoms with Crippen molar-refractivity contribution in [1.29, 1.82) is 0 Å². The zero-order valence-corrected chi connectivity index (χ0v) is 18.0. The molecule has 1 aliphatic heterocycles. The summed E-state index contributed by atoms with van der Waals surface area (Å²) in [5, 5.41) is 0. The summed E-state index contributed by atoms with van der Waals surface area (Å²) in [7, 11) is 0. The molecule has 1 saturated heterocycles. The summed E-state index contributed by atoms with van der Waals surface area (Å²) in [5.41, 5.74) is 0.736. The fraction of sp³-hybridized carbons (Fsp3) is 0.727. The number of amides is 1. The minimum Gasteiger partial charge on any atom is -0.443 e. The second kappa shape index (κ2) is 9.54. The molecule has 0 unspecified atom stereocenters. The average molecular weight is 376 g/mol. The van der Waals surface area contributed by atoms with Crippen molar-refractivity contribution >= 4 is 11.9 Å². The van der Waals surface area contributed by atoms with E-state index in [1.165, 1.54) is 18.4 Å². The standard InChI is InChI=1S/C22H37N3O2/c1-7-8-14-25(21(26)27-22(4,5)6)20-12-11-18(15-23-20)19-10-9-13-24(19)16-17(2)3/h11-12,15,17,19H,7-10,13-14,16H2,1-6H3/t19-/m0/s1. The van der Waals surface area contributed by atoms with Gasteiger partial charge in [-0.15, -0.1) is 0 Å². The van der Waals surface area contributed by atoms with Gasteiger partial charge in [0, 0.05) is 25.3 Å². The number of rotatable bonds is 7. The van der Waals surface area contributed by atoms with E-state index in [1.807, 2.05) is 33.0 Å². The number of likely N-dealkylation sites (tertiary alicyclic amines) is 1. The number of nitrogens with zero attached hydrogens (tertiary/aromatic N) is 3. The molecule has 1 aliphatic rings.